The Labute approximate surface area is 140 Å². The molecule has 0 saturated carbocycles. The Hall–Kier alpha value is -1.20. The van der Waals surface area contributed by atoms with Gasteiger partial charge in [0.1, 0.15) is 0 Å². The number of hydrogen-bond acceptors (Lipinski definition) is 3. The minimum Gasteiger partial charge on any atom is -0.466 e. The van der Waals surface area contributed by atoms with Crippen molar-refractivity contribution in [2.24, 2.45) is 5.92 Å². The molecule has 0 radical (unpaired) electrons. The molecule has 1 saturated heterocycles. The molecule has 0 unspecified atom stereocenters. The maximum absolute atomic E-state index is 13.7. The Bertz CT molecular complexity index is 553. The second kappa shape index (κ2) is 7.58. The number of rotatable bonds is 6. The first kappa shape index (κ1) is 18.1. The van der Waals surface area contributed by atoms with Crippen molar-refractivity contribution >= 4 is 17.6 Å². The van der Waals surface area contributed by atoms with Crippen molar-refractivity contribution in [3.63, 3.8) is 0 Å². The van der Waals surface area contributed by atoms with Crippen LogP contribution in [0.4, 0.5) is 8.78 Å². The summed E-state index contributed by atoms with van der Waals surface area (Å²) in [7, 11) is 0. The summed E-state index contributed by atoms with van der Waals surface area (Å²) < 4.78 is 32.5. The molecule has 0 spiro atoms. The number of carbonyl (C=O) groups excluding carboxylic acids is 1. The summed E-state index contributed by atoms with van der Waals surface area (Å²) in [5.74, 6) is -3.80. The van der Waals surface area contributed by atoms with Gasteiger partial charge in [-0.1, -0.05) is 36.7 Å². The van der Waals surface area contributed by atoms with Gasteiger partial charge in [-0.2, -0.15) is 0 Å². The normalized spacial score (nSPS) is 22.3. The molecule has 128 valence electrons. The van der Waals surface area contributed by atoms with Gasteiger partial charge in [0.25, 0.3) is 5.92 Å². The molecule has 2 atom stereocenters. The predicted octanol–water partition coefficient (Wildman–Crippen LogP) is 3.96. The van der Waals surface area contributed by atoms with E-state index in [9.17, 15) is 13.6 Å². The number of benzene rings is 1. The molecule has 23 heavy (non-hydrogen) atoms. The van der Waals surface area contributed by atoms with E-state index in [4.69, 9.17) is 16.3 Å². The summed E-state index contributed by atoms with van der Waals surface area (Å²) in [6.07, 6.45) is -0.218. The lowest BCUT2D eigenvalue weighted by molar-refractivity contribution is -0.148. The standard InChI is InChI=1S/C17H22ClF2NO2/c1-3-17(19,20)11-21-9-13(12-7-5-6-8-15(12)18)14(10-21)16(22)23-4-2/h5-8,13-14H,3-4,9-11H2,1-2H3/t13-,14-/m0/s1. The van der Waals surface area contributed by atoms with Crippen LogP contribution in [-0.2, 0) is 9.53 Å². The number of carbonyl (C=O) groups is 1. The summed E-state index contributed by atoms with van der Waals surface area (Å²) >= 11 is 6.24. The third-order valence-corrected chi connectivity index (χ3v) is 4.61. The van der Waals surface area contributed by atoms with Gasteiger partial charge in [0, 0.05) is 30.5 Å². The smallest absolute Gasteiger partial charge is 0.310 e. The summed E-state index contributed by atoms with van der Waals surface area (Å²) in [5.41, 5.74) is 0.814. The van der Waals surface area contributed by atoms with E-state index >= 15 is 0 Å². The van der Waals surface area contributed by atoms with Crippen molar-refractivity contribution in [3.8, 4) is 0 Å². The van der Waals surface area contributed by atoms with Gasteiger partial charge in [-0.3, -0.25) is 9.69 Å². The van der Waals surface area contributed by atoms with Gasteiger partial charge in [0.15, 0.2) is 0 Å². The van der Waals surface area contributed by atoms with Gasteiger partial charge >= 0.3 is 5.97 Å². The Morgan fingerprint density at radius 2 is 2.04 bits per heavy atom. The van der Waals surface area contributed by atoms with Crippen LogP contribution >= 0.6 is 11.6 Å². The zero-order valence-corrected chi connectivity index (χ0v) is 14.2. The van der Waals surface area contributed by atoms with Crippen LogP contribution < -0.4 is 0 Å². The number of nitrogens with zero attached hydrogens (tertiary/aromatic N) is 1. The lowest BCUT2D eigenvalue weighted by Crippen LogP contribution is -2.35. The molecule has 0 aliphatic carbocycles. The number of halogens is 3. The average Bonchev–Trinajstić information content (AvgIpc) is 2.91. The van der Waals surface area contributed by atoms with Crippen LogP contribution in [0.15, 0.2) is 24.3 Å². The first-order valence-corrected chi connectivity index (χ1v) is 8.27. The summed E-state index contributed by atoms with van der Waals surface area (Å²) in [6.45, 7) is 3.77. The predicted molar refractivity (Wildman–Crippen MR) is 86.0 cm³/mol. The van der Waals surface area contributed by atoms with E-state index in [1.54, 1.807) is 17.9 Å². The fourth-order valence-corrected chi connectivity index (χ4v) is 3.31. The Morgan fingerprint density at radius 3 is 2.65 bits per heavy atom. The van der Waals surface area contributed by atoms with Crippen LogP contribution in [0.2, 0.25) is 5.02 Å². The summed E-state index contributed by atoms with van der Waals surface area (Å²) in [5, 5.41) is 0.552. The van der Waals surface area contributed by atoms with Crippen molar-refractivity contribution in [2.75, 3.05) is 26.2 Å². The molecule has 2 rings (SSSR count). The van der Waals surface area contributed by atoms with Gasteiger partial charge in [-0.15, -0.1) is 0 Å². The van der Waals surface area contributed by atoms with Gasteiger partial charge in [0.05, 0.1) is 19.1 Å². The first-order valence-electron chi connectivity index (χ1n) is 7.89. The topological polar surface area (TPSA) is 29.5 Å². The van der Waals surface area contributed by atoms with E-state index in [2.05, 4.69) is 0 Å². The maximum Gasteiger partial charge on any atom is 0.310 e. The second-order valence-corrected chi connectivity index (χ2v) is 6.30. The van der Waals surface area contributed by atoms with Crippen molar-refractivity contribution in [2.45, 2.75) is 32.1 Å². The molecular formula is C17H22ClF2NO2. The lowest BCUT2D eigenvalue weighted by Gasteiger charge is -2.22. The van der Waals surface area contributed by atoms with E-state index < -0.39 is 11.8 Å². The minimum atomic E-state index is -2.76. The fraction of sp³-hybridized carbons (Fsp3) is 0.588. The van der Waals surface area contributed by atoms with Crippen LogP contribution in [0, 0.1) is 5.92 Å². The molecule has 3 nitrogen and oxygen atoms in total. The molecule has 0 amide bonds. The van der Waals surface area contributed by atoms with Crippen LogP contribution in [-0.4, -0.2) is 43.0 Å². The van der Waals surface area contributed by atoms with Crippen molar-refractivity contribution < 1.29 is 18.3 Å². The molecule has 1 aromatic rings. The zero-order chi connectivity index (χ0) is 17.0. The highest BCUT2D eigenvalue weighted by Gasteiger charge is 2.43. The summed E-state index contributed by atoms with van der Waals surface area (Å²) in [6, 6.07) is 7.25. The van der Waals surface area contributed by atoms with Crippen LogP contribution in [0.5, 0.6) is 0 Å². The average molecular weight is 346 g/mol. The molecule has 1 aromatic carbocycles. The fourth-order valence-electron chi connectivity index (χ4n) is 3.03. The second-order valence-electron chi connectivity index (χ2n) is 5.89. The van der Waals surface area contributed by atoms with Crippen molar-refractivity contribution in [1.29, 1.82) is 0 Å². The van der Waals surface area contributed by atoms with E-state index in [0.717, 1.165) is 5.56 Å². The molecular weight excluding hydrogens is 324 g/mol. The largest absolute Gasteiger partial charge is 0.466 e. The van der Waals surface area contributed by atoms with Crippen LogP contribution in [0.25, 0.3) is 0 Å². The molecule has 1 heterocycles. The third-order valence-electron chi connectivity index (χ3n) is 4.26. The Morgan fingerprint density at radius 1 is 1.35 bits per heavy atom. The molecule has 0 N–H and O–H groups in total. The van der Waals surface area contributed by atoms with Crippen LogP contribution in [0.3, 0.4) is 0 Å². The highest BCUT2D eigenvalue weighted by molar-refractivity contribution is 6.31. The molecule has 0 aromatic heterocycles. The highest BCUT2D eigenvalue weighted by Crippen LogP contribution is 2.38. The van der Waals surface area contributed by atoms with Gasteiger partial charge in [-0.25, -0.2) is 8.78 Å². The number of ether oxygens (including phenoxy) is 1. The number of esters is 1. The SMILES string of the molecule is CCOC(=O)[C@H]1CN(CC(F)(F)CC)C[C@H]1c1ccccc1Cl. The van der Waals surface area contributed by atoms with Gasteiger partial charge in [0.2, 0.25) is 0 Å². The summed E-state index contributed by atoms with van der Waals surface area (Å²) in [4.78, 5) is 13.9. The lowest BCUT2D eigenvalue weighted by atomic mass is 9.89. The van der Waals surface area contributed by atoms with Gasteiger partial charge < -0.3 is 4.74 Å². The molecule has 1 aliphatic rings. The Balaban J connectivity index is 2.23. The van der Waals surface area contributed by atoms with Crippen molar-refractivity contribution in [1.82, 2.24) is 4.90 Å². The molecule has 1 aliphatic heterocycles. The van der Waals surface area contributed by atoms with E-state index in [0.29, 0.717) is 11.6 Å². The van der Waals surface area contributed by atoms with Gasteiger partial charge in [-0.05, 0) is 18.6 Å². The number of alkyl halides is 2. The van der Waals surface area contributed by atoms with Crippen LogP contribution in [0.1, 0.15) is 31.7 Å². The quantitative estimate of drug-likeness (QED) is 0.731. The molecule has 6 heteroatoms. The van der Waals surface area contributed by atoms with E-state index in [1.807, 2.05) is 18.2 Å². The first-order chi connectivity index (χ1) is 10.9. The molecule has 0 bridgehead atoms. The number of hydrogen-bond donors (Lipinski definition) is 0. The Kier molecular flexibility index (Phi) is 5.98. The van der Waals surface area contributed by atoms with Crippen molar-refractivity contribution in [3.05, 3.63) is 34.9 Å². The monoisotopic (exact) mass is 345 g/mol. The zero-order valence-electron chi connectivity index (χ0n) is 13.4. The minimum absolute atomic E-state index is 0.218. The number of likely N-dealkylation sites (tertiary alicyclic amines) is 1. The maximum atomic E-state index is 13.7. The highest BCUT2D eigenvalue weighted by atomic mass is 35.5. The third kappa shape index (κ3) is 4.42. The van der Waals surface area contributed by atoms with E-state index in [1.165, 1.54) is 6.92 Å². The molecule has 1 fully saturated rings. The van der Waals surface area contributed by atoms with E-state index in [-0.39, 0.29) is 38.0 Å².